The second kappa shape index (κ2) is 6.68. The minimum Gasteiger partial charge on any atom is -0.497 e. The van der Waals surface area contributed by atoms with Crippen LogP contribution >= 0.6 is 0 Å². The van der Waals surface area contributed by atoms with Crippen LogP contribution in [-0.4, -0.2) is 18.1 Å². The zero-order chi connectivity index (χ0) is 15.4. The van der Waals surface area contributed by atoms with E-state index in [0.717, 1.165) is 22.6 Å². The maximum absolute atomic E-state index is 13.1. The van der Waals surface area contributed by atoms with Gasteiger partial charge in [0.15, 0.2) is 0 Å². The highest BCUT2D eigenvalue weighted by Gasteiger charge is 2.18. The lowest BCUT2D eigenvalue weighted by Gasteiger charge is -2.23. The lowest BCUT2D eigenvalue weighted by atomic mass is 9.97. The number of pyridine rings is 1. The molecule has 1 atom stereocenters. The number of hydrogen-bond donors (Lipinski definition) is 1. The molecule has 0 fully saturated rings. The quantitative estimate of drug-likeness (QED) is 0.912. The fourth-order valence-corrected chi connectivity index (χ4v) is 2.32. The molecule has 3 nitrogen and oxygen atoms in total. The van der Waals surface area contributed by atoms with Crippen LogP contribution in [0.25, 0.3) is 0 Å². The van der Waals surface area contributed by atoms with Crippen LogP contribution in [0.4, 0.5) is 4.39 Å². The fraction of sp³-hybridized carbons (Fsp3) is 0.353. The summed E-state index contributed by atoms with van der Waals surface area (Å²) in [6.45, 7) is 6.20. The Kier molecular flexibility index (Phi) is 4.91. The number of aryl methyl sites for hydroxylation is 1. The first-order valence-electron chi connectivity index (χ1n) is 7.03. The van der Waals surface area contributed by atoms with Crippen LogP contribution in [0.15, 0.2) is 36.5 Å². The Balaban J connectivity index is 2.42. The summed E-state index contributed by atoms with van der Waals surface area (Å²) >= 11 is 0. The van der Waals surface area contributed by atoms with E-state index in [0.29, 0.717) is 0 Å². The summed E-state index contributed by atoms with van der Waals surface area (Å²) in [5, 5.41) is 3.48. The van der Waals surface area contributed by atoms with E-state index in [9.17, 15) is 4.39 Å². The molecular weight excluding hydrogens is 267 g/mol. The molecule has 21 heavy (non-hydrogen) atoms. The van der Waals surface area contributed by atoms with E-state index in [2.05, 4.69) is 24.1 Å². The minimum absolute atomic E-state index is 0.0727. The van der Waals surface area contributed by atoms with Gasteiger partial charge in [0.05, 0.1) is 25.0 Å². The molecule has 0 radical (unpaired) electrons. The summed E-state index contributed by atoms with van der Waals surface area (Å²) in [6.07, 6.45) is 1.25. The van der Waals surface area contributed by atoms with Gasteiger partial charge in [-0.2, -0.15) is 0 Å². The molecule has 112 valence electrons. The topological polar surface area (TPSA) is 34.1 Å². The summed E-state index contributed by atoms with van der Waals surface area (Å²) in [5.74, 6) is 0.500. The van der Waals surface area contributed by atoms with Crippen molar-refractivity contribution in [2.24, 2.45) is 0 Å². The predicted octanol–water partition coefficient (Wildman–Crippen LogP) is 3.63. The first-order valence-corrected chi connectivity index (χ1v) is 7.03. The van der Waals surface area contributed by atoms with Gasteiger partial charge in [-0.15, -0.1) is 0 Å². The molecule has 1 unspecified atom stereocenters. The Bertz CT molecular complexity index is 596. The third-order valence-corrected chi connectivity index (χ3v) is 3.33. The Labute approximate surface area is 125 Å². The van der Waals surface area contributed by atoms with Gasteiger partial charge in [0.2, 0.25) is 0 Å². The molecule has 4 heteroatoms. The van der Waals surface area contributed by atoms with Crippen LogP contribution in [0, 0.1) is 12.7 Å². The maximum Gasteiger partial charge on any atom is 0.141 e. The predicted molar refractivity (Wildman–Crippen MR) is 82.0 cm³/mol. The molecule has 1 heterocycles. The summed E-state index contributed by atoms with van der Waals surface area (Å²) in [6, 6.07) is 9.32. The monoisotopic (exact) mass is 288 g/mol. The number of ether oxygens (including phenoxy) is 1. The van der Waals surface area contributed by atoms with Crippen molar-refractivity contribution < 1.29 is 9.13 Å². The fourth-order valence-electron chi connectivity index (χ4n) is 2.32. The van der Waals surface area contributed by atoms with Crippen LogP contribution < -0.4 is 10.1 Å². The average Bonchev–Trinajstić information content (AvgIpc) is 2.46. The molecule has 2 aromatic rings. The second-order valence-corrected chi connectivity index (χ2v) is 5.38. The summed E-state index contributed by atoms with van der Waals surface area (Å²) in [5.41, 5.74) is 3.03. The lowest BCUT2D eigenvalue weighted by Crippen LogP contribution is -2.30. The standard InChI is InChI=1S/C17H21FN2O/c1-11(2)20-17(16-8-5-13(18)10-19-16)15-7-6-14(21-4)9-12(15)3/h5-11,17,20H,1-4H3. The van der Waals surface area contributed by atoms with E-state index in [1.54, 1.807) is 13.2 Å². The average molecular weight is 288 g/mol. The van der Waals surface area contributed by atoms with Gasteiger partial charge in [-0.3, -0.25) is 4.98 Å². The Morgan fingerprint density at radius 2 is 1.95 bits per heavy atom. The van der Waals surface area contributed by atoms with Crippen molar-refractivity contribution in [1.29, 1.82) is 0 Å². The van der Waals surface area contributed by atoms with Crippen LogP contribution in [0.2, 0.25) is 0 Å². The Morgan fingerprint density at radius 1 is 1.19 bits per heavy atom. The summed E-state index contributed by atoms with van der Waals surface area (Å²) in [4.78, 5) is 4.22. The highest BCUT2D eigenvalue weighted by molar-refractivity contribution is 5.39. The van der Waals surface area contributed by atoms with E-state index in [-0.39, 0.29) is 17.9 Å². The van der Waals surface area contributed by atoms with Crippen LogP contribution in [0.5, 0.6) is 5.75 Å². The van der Waals surface area contributed by atoms with Gasteiger partial charge < -0.3 is 10.1 Å². The first-order chi connectivity index (χ1) is 10.0. The van der Waals surface area contributed by atoms with Crippen molar-refractivity contribution in [3.05, 3.63) is 59.2 Å². The Morgan fingerprint density at radius 3 is 2.48 bits per heavy atom. The molecule has 0 aliphatic heterocycles. The number of nitrogens with zero attached hydrogens (tertiary/aromatic N) is 1. The van der Waals surface area contributed by atoms with Crippen molar-refractivity contribution in [2.45, 2.75) is 32.9 Å². The van der Waals surface area contributed by atoms with Gasteiger partial charge in [0.25, 0.3) is 0 Å². The first kappa shape index (κ1) is 15.4. The van der Waals surface area contributed by atoms with Gasteiger partial charge in [0, 0.05) is 6.04 Å². The number of methoxy groups -OCH3 is 1. The van der Waals surface area contributed by atoms with Gasteiger partial charge in [-0.05, 0) is 56.2 Å². The molecule has 2 rings (SSSR count). The van der Waals surface area contributed by atoms with Gasteiger partial charge in [-0.1, -0.05) is 6.07 Å². The van der Waals surface area contributed by atoms with Crippen LogP contribution in [0.3, 0.4) is 0 Å². The highest BCUT2D eigenvalue weighted by Crippen LogP contribution is 2.27. The van der Waals surface area contributed by atoms with Crippen molar-refractivity contribution in [2.75, 3.05) is 7.11 Å². The zero-order valence-electron chi connectivity index (χ0n) is 12.9. The van der Waals surface area contributed by atoms with Gasteiger partial charge in [0.1, 0.15) is 11.6 Å². The van der Waals surface area contributed by atoms with Crippen molar-refractivity contribution in [1.82, 2.24) is 10.3 Å². The Hall–Kier alpha value is -1.94. The van der Waals surface area contributed by atoms with Crippen LogP contribution in [-0.2, 0) is 0 Å². The highest BCUT2D eigenvalue weighted by atomic mass is 19.1. The summed E-state index contributed by atoms with van der Waals surface area (Å²) in [7, 11) is 1.65. The molecule has 1 aromatic carbocycles. The molecule has 0 aliphatic rings. The van der Waals surface area contributed by atoms with Crippen molar-refractivity contribution >= 4 is 0 Å². The number of nitrogens with one attached hydrogen (secondary N) is 1. The number of rotatable bonds is 5. The minimum atomic E-state index is -0.325. The molecule has 0 bridgehead atoms. The smallest absolute Gasteiger partial charge is 0.141 e. The van der Waals surface area contributed by atoms with E-state index < -0.39 is 0 Å². The maximum atomic E-state index is 13.1. The second-order valence-electron chi connectivity index (χ2n) is 5.38. The van der Waals surface area contributed by atoms with E-state index in [1.807, 2.05) is 25.1 Å². The van der Waals surface area contributed by atoms with Gasteiger partial charge >= 0.3 is 0 Å². The van der Waals surface area contributed by atoms with Crippen molar-refractivity contribution in [3.8, 4) is 5.75 Å². The third-order valence-electron chi connectivity index (χ3n) is 3.33. The molecule has 1 N–H and O–H groups in total. The molecule has 1 aromatic heterocycles. The largest absolute Gasteiger partial charge is 0.497 e. The zero-order valence-corrected chi connectivity index (χ0v) is 12.9. The third kappa shape index (κ3) is 3.79. The summed E-state index contributed by atoms with van der Waals surface area (Å²) < 4.78 is 18.3. The molecule has 0 amide bonds. The molecular formula is C17H21FN2O. The molecule has 0 saturated heterocycles. The molecule has 0 saturated carbocycles. The number of hydrogen-bond acceptors (Lipinski definition) is 3. The van der Waals surface area contributed by atoms with Crippen molar-refractivity contribution in [3.63, 3.8) is 0 Å². The van der Waals surface area contributed by atoms with E-state index >= 15 is 0 Å². The number of aromatic nitrogens is 1. The molecule has 0 spiro atoms. The normalized spacial score (nSPS) is 12.5. The van der Waals surface area contributed by atoms with E-state index in [4.69, 9.17) is 4.74 Å². The lowest BCUT2D eigenvalue weighted by molar-refractivity contribution is 0.414. The van der Waals surface area contributed by atoms with Crippen LogP contribution in [0.1, 0.15) is 36.7 Å². The number of benzene rings is 1. The van der Waals surface area contributed by atoms with E-state index in [1.165, 1.54) is 12.3 Å². The SMILES string of the molecule is COc1ccc(C(NC(C)C)c2ccc(F)cn2)c(C)c1. The number of halogens is 1. The van der Waals surface area contributed by atoms with Gasteiger partial charge in [-0.25, -0.2) is 4.39 Å². The molecule has 0 aliphatic carbocycles.